The van der Waals surface area contributed by atoms with E-state index >= 15 is 0 Å². The smallest absolute Gasteiger partial charge is 0.310 e. The zero-order valence-electron chi connectivity index (χ0n) is 19.0. The molecule has 3 aliphatic heterocycles. The minimum Gasteiger partial charge on any atom is -0.481 e. The fourth-order valence-electron chi connectivity index (χ4n) is 5.92. The number of hydrogen-bond acceptors (Lipinski definition) is 7. The zero-order chi connectivity index (χ0) is 25.1. The highest BCUT2D eigenvalue weighted by Gasteiger charge is 2.77. The van der Waals surface area contributed by atoms with Crippen molar-refractivity contribution in [2.75, 3.05) is 13.2 Å². The normalized spacial score (nSPS) is 32.1. The van der Waals surface area contributed by atoms with E-state index in [2.05, 4.69) is 32.8 Å². The van der Waals surface area contributed by atoms with Crippen molar-refractivity contribution in [3.8, 4) is 0 Å². The number of ether oxygens (including phenoxy) is 1. The second kappa shape index (κ2) is 8.68. The highest BCUT2D eigenvalue weighted by molar-refractivity contribution is 9.09. The maximum Gasteiger partial charge on any atom is 0.310 e. The maximum atomic E-state index is 14.2. The Balaban J connectivity index is 1.56. The quantitative estimate of drug-likeness (QED) is 0.362. The van der Waals surface area contributed by atoms with Gasteiger partial charge in [-0.3, -0.25) is 14.4 Å². The van der Waals surface area contributed by atoms with Gasteiger partial charge in [0.15, 0.2) is 0 Å². The van der Waals surface area contributed by atoms with Gasteiger partial charge in [0.2, 0.25) is 11.8 Å². The number of aliphatic hydroxyl groups is 1. The molecule has 1 unspecified atom stereocenters. The molecular formula is C23H26BrN5O6. The molecule has 4 heterocycles. The van der Waals surface area contributed by atoms with Gasteiger partial charge in [-0.05, 0) is 25.5 Å². The van der Waals surface area contributed by atoms with E-state index in [-0.39, 0.29) is 24.6 Å². The Labute approximate surface area is 209 Å². The van der Waals surface area contributed by atoms with Crippen LogP contribution >= 0.6 is 15.9 Å². The number of carboxylic acid groups (broad SMARTS) is 1. The average Bonchev–Trinajstić information content (AvgIpc) is 3.55. The third kappa shape index (κ3) is 3.41. The number of carbonyl (C=O) groups excluding carboxylic acids is 2. The number of benzene rings is 1. The van der Waals surface area contributed by atoms with Gasteiger partial charge in [0, 0.05) is 11.4 Å². The second-order valence-electron chi connectivity index (χ2n) is 9.35. The lowest BCUT2D eigenvalue weighted by Gasteiger charge is -2.38. The molecule has 2 N–H and O–H groups in total. The number of alkyl halides is 1. The minimum atomic E-state index is -1.32. The number of halogens is 1. The van der Waals surface area contributed by atoms with Crippen molar-refractivity contribution in [2.24, 2.45) is 11.8 Å². The lowest BCUT2D eigenvalue weighted by molar-refractivity contribution is -0.153. The minimum absolute atomic E-state index is 0.0433. The summed E-state index contributed by atoms with van der Waals surface area (Å²) in [5.41, 5.74) is 0.0921. The maximum absolute atomic E-state index is 14.2. The van der Waals surface area contributed by atoms with Gasteiger partial charge in [0.05, 0.1) is 36.1 Å². The number of carboxylic acids is 1. The molecule has 2 aromatic rings. The van der Waals surface area contributed by atoms with Gasteiger partial charge < -0.3 is 24.7 Å². The number of amides is 2. The molecule has 7 atom stereocenters. The molecule has 35 heavy (non-hydrogen) atoms. The van der Waals surface area contributed by atoms with Crippen LogP contribution in [0, 0.1) is 11.8 Å². The summed E-state index contributed by atoms with van der Waals surface area (Å²) in [7, 11) is 0. The van der Waals surface area contributed by atoms with Gasteiger partial charge >= 0.3 is 5.97 Å². The van der Waals surface area contributed by atoms with Gasteiger partial charge in [-0.15, -0.1) is 11.7 Å². The van der Waals surface area contributed by atoms with Crippen LogP contribution in [0.3, 0.4) is 0 Å². The van der Waals surface area contributed by atoms with Crippen molar-refractivity contribution in [3.05, 3.63) is 36.9 Å². The molecule has 3 aliphatic rings. The summed E-state index contributed by atoms with van der Waals surface area (Å²) in [5, 5.41) is 28.2. The van der Waals surface area contributed by atoms with E-state index in [9.17, 15) is 24.6 Å². The van der Waals surface area contributed by atoms with Gasteiger partial charge in [-0.1, -0.05) is 39.4 Å². The Hall–Kier alpha value is -2.83. The van der Waals surface area contributed by atoms with E-state index in [1.165, 1.54) is 9.80 Å². The number of aliphatic hydroxyl groups excluding tert-OH is 1. The second-order valence-corrected chi connectivity index (χ2v) is 10.5. The molecule has 2 bridgehead atoms. The summed E-state index contributed by atoms with van der Waals surface area (Å²) >= 11 is 3.52. The SMILES string of the molecule is C=CCN(Cn1nnc2ccccc21)C(=O)[C@@H]1N([C@H](C)CO)C(=O)[C@H]2[C@H](C(=O)O)[C@H]3O[C@@]12CC3Br. The van der Waals surface area contributed by atoms with Crippen molar-refractivity contribution in [1.29, 1.82) is 0 Å². The average molecular weight is 548 g/mol. The Bertz CT molecular complexity index is 1200. The molecule has 186 valence electrons. The first-order chi connectivity index (χ1) is 16.7. The molecular weight excluding hydrogens is 522 g/mol. The van der Waals surface area contributed by atoms with Gasteiger partial charge in [-0.2, -0.15) is 0 Å². The van der Waals surface area contributed by atoms with Crippen LogP contribution in [0.25, 0.3) is 11.0 Å². The summed E-state index contributed by atoms with van der Waals surface area (Å²) in [4.78, 5) is 42.5. The molecule has 12 heteroatoms. The van der Waals surface area contributed by atoms with Crippen molar-refractivity contribution in [1.82, 2.24) is 24.8 Å². The summed E-state index contributed by atoms with van der Waals surface area (Å²) in [6.45, 7) is 5.22. The summed E-state index contributed by atoms with van der Waals surface area (Å²) in [6.07, 6.45) is 1.15. The molecule has 1 aromatic heterocycles. The topological polar surface area (TPSA) is 138 Å². The van der Waals surface area contributed by atoms with Crippen molar-refractivity contribution in [2.45, 2.75) is 48.6 Å². The lowest BCUT2D eigenvalue weighted by atomic mass is 9.70. The predicted molar refractivity (Wildman–Crippen MR) is 126 cm³/mol. The van der Waals surface area contributed by atoms with Crippen LogP contribution in [0.2, 0.25) is 0 Å². The molecule has 5 rings (SSSR count). The Morgan fingerprint density at radius 3 is 2.86 bits per heavy atom. The van der Waals surface area contributed by atoms with E-state index < -0.39 is 53.4 Å². The van der Waals surface area contributed by atoms with Crippen LogP contribution in [-0.2, 0) is 25.8 Å². The molecule has 3 saturated heterocycles. The van der Waals surface area contributed by atoms with E-state index in [4.69, 9.17) is 4.74 Å². The first-order valence-electron chi connectivity index (χ1n) is 11.4. The highest BCUT2D eigenvalue weighted by atomic mass is 79.9. The molecule has 3 fully saturated rings. The summed E-state index contributed by atoms with van der Waals surface area (Å²) < 4.78 is 7.84. The number of aliphatic carboxylic acids is 1. The van der Waals surface area contributed by atoms with Gasteiger partial charge in [-0.25, -0.2) is 4.68 Å². The van der Waals surface area contributed by atoms with E-state index in [0.717, 1.165) is 5.52 Å². The number of fused-ring (bicyclic) bond motifs is 2. The van der Waals surface area contributed by atoms with Crippen LogP contribution in [0.15, 0.2) is 36.9 Å². The van der Waals surface area contributed by atoms with E-state index in [1.54, 1.807) is 17.7 Å². The molecule has 1 spiro atoms. The zero-order valence-corrected chi connectivity index (χ0v) is 20.6. The summed E-state index contributed by atoms with van der Waals surface area (Å²) in [5.74, 6) is -4.14. The number of hydrogen-bond donors (Lipinski definition) is 2. The third-order valence-corrected chi connectivity index (χ3v) is 8.22. The molecule has 1 aromatic carbocycles. The molecule has 0 radical (unpaired) electrons. The highest BCUT2D eigenvalue weighted by Crippen LogP contribution is 2.60. The molecule has 0 saturated carbocycles. The number of para-hydroxylation sites is 1. The molecule has 0 aliphatic carbocycles. The third-order valence-electron chi connectivity index (χ3n) is 7.37. The lowest BCUT2D eigenvalue weighted by Crippen LogP contribution is -2.58. The van der Waals surface area contributed by atoms with Crippen molar-refractivity contribution >= 4 is 44.7 Å². The molecule has 2 amide bonds. The van der Waals surface area contributed by atoms with Crippen LogP contribution in [0.1, 0.15) is 13.3 Å². The fraction of sp³-hybridized carbons (Fsp3) is 0.522. The van der Waals surface area contributed by atoms with Crippen LogP contribution in [-0.4, -0.2) is 94.6 Å². The number of nitrogens with zero attached hydrogens (tertiary/aromatic N) is 5. The van der Waals surface area contributed by atoms with Crippen LogP contribution in [0.5, 0.6) is 0 Å². The number of likely N-dealkylation sites (tertiary alicyclic amines) is 1. The van der Waals surface area contributed by atoms with E-state index in [0.29, 0.717) is 11.9 Å². The van der Waals surface area contributed by atoms with E-state index in [1.807, 2.05) is 24.3 Å². The molecule has 11 nitrogen and oxygen atoms in total. The number of aromatic nitrogens is 3. The largest absolute Gasteiger partial charge is 0.481 e. The van der Waals surface area contributed by atoms with Crippen LogP contribution in [0.4, 0.5) is 0 Å². The van der Waals surface area contributed by atoms with Crippen molar-refractivity contribution < 1.29 is 29.3 Å². The Kier molecular flexibility index (Phi) is 5.93. The Morgan fingerprint density at radius 2 is 2.17 bits per heavy atom. The predicted octanol–water partition coefficient (Wildman–Crippen LogP) is 0.617. The monoisotopic (exact) mass is 547 g/mol. The first kappa shape index (κ1) is 23.9. The standard InChI is InChI=1S/C23H26BrN5O6/c1-3-8-27(11-28-15-7-5-4-6-14(15)25-26-28)21(32)19-23-9-13(24)18(35-23)16(22(33)34)17(23)20(31)29(19)12(2)10-30/h3-7,12-13,16-19,30H,1,8-11H2,2H3,(H,33,34)/t12-,13?,16+,17-,18+,19+,23-/m1/s1. The number of carbonyl (C=O) groups is 3. The van der Waals surface area contributed by atoms with Crippen LogP contribution < -0.4 is 0 Å². The first-order valence-corrected chi connectivity index (χ1v) is 12.3. The number of rotatable bonds is 8. The van der Waals surface area contributed by atoms with Gasteiger partial charge in [0.1, 0.15) is 23.8 Å². The fourth-order valence-corrected chi connectivity index (χ4v) is 6.86. The summed E-state index contributed by atoms with van der Waals surface area (Å²) in [6, 6.07) is 5.53. The van der Waals surface area contributed by atoms with Crippen molar-refractivity contribution in [3.63, 3.8) is 0 Å². The van der Waals surface area contributed by atoms with Gasteiger partial charge in [0.25, 0.3) is 0 Å². The Morgan fingerprint density at radius 1 is 1.43 bits per heavy atom.